The molecule has 0 saturated carbocycles. The van der Waals surface area contributed by atoms with E-state index >= 15 is 0 Å². The van der Waals surface area contributed by atoms with Gasteiger partial charge in [0.25, 0.3) is 0 Å². The maximum absolute atomic E-state index is 12.4. The summed E-state index contributed by atoms with van der Waals surface area (Å²) in [7, 11) is 0. The fourth-order valence-electron chi connectivity index (χ4n) is 3.66. The van der Waals surface area contributed by atoms with Crippen LogP contribution in [0.5, 0.6) is 0 Å². The number of nitrogens with zero attached hydrogens (tertiary/aromatic N) is 1. The van der Waals surface area contributed by atoms with Crippen LogP contribution in [0.2, 0.25) is 0 Å². The number of likely N-dealkylation sites (tertiary alicyclic amines) is 1. The number of carbonyl (C=O) groups excluding carboxylic acids is 1. The van der Waals surface area contributed by atoms with Gasteiger partial charge in [0.05, 0.1) is 6.10 Å². The van der Waals surface area contributed by atoms with E-state index < -0.39 is 6.10 Å². The van der Waals surface area contributed by atoms with Gasteiger partial charge in [-0.05, 0) is 36.8 Å². The summed E-state index contributed by atoms with van der Waals surface area (Å²) in [5.41, 5.74) is 2.50. The number of rotatable bonds is 6. The lowest BCUT2D eigenvalue weighted by molar-refractivity contribution is -0.134. The Labute approximate surface area is 150 Å². The van der Waals surface area contributed by atoms with E-state index in [2.05, 4.69) is 36.4 Å². The van der Waals surface area contributed by atoms with Gasteiger partial charge >= 0.3 is 0 Å². The van der Waals surface area contributed by atoms with Gasteiger partial charge < -0.3 is 10.0 Å². The van der Waals surface area contributed by atoms with E-state index in [0.29, 0.717) is 13.0 Å². The van der Waals surface area contributed by atoms with Crippen molar-refractivity contribution in [3.05, 3.63) is 71.8 Å². The third-order valence-electron chi connectivity index (χ3n) is 5.11. The van der Waals surface area contributed by atoms with Gasteiger partial charge in [-0.15, -0.1) is 0 Å². The molecule has 0 bridgehead atoms. The van der Waals surface area contributed by atoms with Crippen molar-refractivity contribution >= 4 is 5.91 Å². The number of aliphatic hydroxyl groups excluding tert-OH is 1. The first-order valence-corrected chi connectivity index (χ1v) is 9.29. The summed E-state index contributed by atoms with van der Waals surface area (Å²) in [5, 5.41) is 10.5. The van der Waals surface area contributed by atoms with Gasteiger partial charge in [-0.25, -0.2) is 0 Å². The molecule has 3 rings (SSSR count). The molecule has 0 radical (unpaired) electrons. The summed E-state index contributed by atoms with van der Waals surface area (Å²) in [6.45, 7) is 1.20. The molecule has 0 unspecified atom stereocenters. The Bertz CT molecular complexity index is 656. The maximum atomic E-state index is 12.4. The second-order valence-corrected chi connectivity index (χ2v) is 6.91. The minimum Gasteiger partial charge on any atom is -0.391 e. The second kappa shape index (κ2) is 8.82. The Morgan fingerprint density at radius 3 is 2.36 bits per heavy atom. The van der Waals surface area contributed by atoms with Gasteiger partial charge in [0.1, 0.15) is 0 Å². The molecule has 0 aliphatic carbocycles. The molecule has 1 aliphatic rings. The van der Waals surface area contributed by atoms with Crippen molar-refractivity contribution in [2.75, 3.05) is 13.1 Å². The maximum Gasteiger partial charge on any atom is 0.222 e. The van der Waals surface area contributed by atoms with E-state index in [0.717, 1.165) is 32.2 Å². The number of unbranched alkanes of at least 4 members (excludes halogenated alkanes) is 1. The van der Waals surface area contributed by atoms with Crippen LogP contribution in [0.15, 0.2) is 60.7 Å². The zero-order valence-electron chi connectivity index (χ0n) is 14.7. The Hall–Kier alpha value is -2.13. The molecular weight excluding hydrogens is 310 g/mol. The molecule has 0 aromatic heterocycles. The number of aryl methyl sites for hydroxylation is 1. The summed E-state index contributed by atoms with van der Waals surface area (Å²) >= 11 is 0. The number of aliphatic hydroxyl groups is 1. The van der Waals surface area contributed by atoms with Crippen LogP contribution >= 0.6 is 0 Å². The third kappa shape index (κ3) is 4.93. The second-order valence-electron chi connectivity index (χ2n) is 6.91. The zero-order valence-corrected chi connectivity index (χ0v) is 14.7. The molecule has 3 nitrogen and oxygen atoms in total. The smallest absolute Gasteiger partial charge is 0.222 e. The van der Waals surface area contributed by atoms with Crippen LogP contribution < -0.4 is 0 Å². The van der Waals surface area contributed by atoms with Crippen LogP contribution in [0.3, 0.4) is 0 Å². The molecule has 1 amide bonds. The van der Waals surface area contributed by atoms with E-state index in [1.54, 1.807) is 0 Å². The van der Waals surface area contributed by atoms with Crippen LogP contribution in [-0.4, -0.2) is 35.1 Å². The van der Waals surface area contributed by atoms with Crippen molar-refractivity contribution in [1.29, 1.82) is 0 Å². The highest BCUT2D eigenvalue weighted by atomic mass is 16.3. The minimum absolute atomic E-state index is 0.142. The monoisotopic (exact) mass is 337 g/mol. The highest BCUT2D eigenvalue weighted by Gasteiger charge is 2.30. The highest BCUT2D eigenvalue weighted by Crippen LogP contribution is 2.28. The van der Waals surface area contributed by atoms with Crippen molar-refractivity contribution < 1.29 is 9.90 Å². The molecule has 2 atom stereocenters. The number of hydrogen-bond donors (Lipinski definition) is 1. The van der Waals surface area contributed by atoms with Gasteiger partial charge in [0.15, 0.2) is 0 Å². The van der Waals surface area contributed by atoms with Gasteiger partial charge in [-0.2, -0.15) is 0 Å². The largest absolute Gasteiger partial charge is 0.391 e. The number of hydrogen-bond acceptors (Lipinski definition) is 2. The van der Waals surface area contributed by atoms with Crippen LogP contribution in [0.1, 0.15) is 42.7 Å². The number of carbonyl (C=O) groups is 1. The molecule has 25 heavy (non-hydrogen) atoms. The highest BCUT2D eigenvalue weighted by molar-refractivity contribution is 5.76. The van der Waals surface area contributed by atoms with Crippen LogP contribution in [0, 0.1) is 0 Å². The summed E-state index contributed by atoms with van der Waals surface area (Å²) < 4.78 is 0. The first-order valence-electron chi connectivity index (χ1n) is 9.29. The van der Waals surface area contributed by atoms with E-state index in [9.17, 15) is 9.90 Å². The van der Waals surface area contributed by atoms with Crippen LogP contribution in [0.25, 0.3) is 0 Å². The number of benzene rings is 2. The van der Waals surface area contributed by atoms with Gasteiger partial charge in [-0.1, -0.05) is 60.7 Å². The number of piperidine rings is 1. The number of β-amino-alcohol motifs (C(OH)–C–C–N with tert-alkyl or cyclic N) is 1. The van der Waals surface area contributed by atoms with Crippen LogP contribution in [-0.2, 0) is 11.2 Å². The summed E-state index contributed by atoms with van der Waals surface area (Å²) in [6, 6.07) is 20.5. The lowest BCUT2D eigenvalue weighted by atomic mass is 9.87. The molecule has 1 aliphatic heterocycles. The summed E-state index contributed by atoms with van der Waals surface area (Å²) in [4.78, 5) is 14.3. The molecule has 1 saturated heterocycles. The zero-order chi connectivity index (χ0) is 17.5. The molecule has 2 aromatic carbocycles. The summed E-state index contributed by atoms with van der Waals surface area (Å²) in [5.74, 6) is 0.321. The van der Waals surface area contributed by atoms with Gasteiger partial charge in [0.2, 0.25) is 5.91 Å². The van der Waals surface area contributed by atoms with Crippen molar-refractivity contribution in [2.45, 2.75) is 44.1 Å². The predicted octanol–water partition coefficient (Wildman–Crippen LogP) is 3.78. The lowest BCUT2D eigenvalue weighted by Crippen LogP contribution is -2.45. The SMILES string of the molecule is O=C(CCCCc1ccccc1)N1CC[C@H](c2ccccc2)[C@H](O)C1. The Morgan fingerprint density at radius 2 is 1.68 bits per heavy atom. The topological polar surface area (TPSA) is 40.5 Å². The fourth-order valence-corrected chi connectivity index (χ4v) is 3.66. The first-order chi connectivity index (χ1) is 12.2. The summed E-state index contributed by atoms with van der Waals surface area (Å²) in [6.07, 6.45) is 3.90. The molecule has 1 fully saturated rings. The van der Waals surface area contributed by atoms with E-state index in [4.69, 9.17) is 0 Å². The fraction of sp³-hybridized carbons (Fsp3) is 0.409. The molecule has 1 N–H and O–H groups in total. The average Bonchev–Trinajstić information content (AvgIpc) is 2.66. The molecular formula is C22H27NO2. The minimum atomic E-state index is -0.468. The molecule has 132 valence electrons. The van der Waals surface area contributed by atoms with Crippen molar-refractivity contribution in [3.8, 4) is 0 Å². The Kier molecular flexibility index (Phi) is 6.24. The molecule has 0 spiro atoms. The van der Waals surface area contributed by atoms with Crippen molar-refractivity contribution in [1.82, 2.24) is 4.90 Å². The van der Waals surface area contributed by atoms with E-state index in [-0.39, 0.29) is 11.8 Å². The standard InChI is InChI=1S/C22H27NO2/c24-21-17-23(16-15-20(21)19-12-5-2-6-13-19)22(25)14-8-7-11-18-9-3-1-4-10-18/h1-6,9-10,12-13,20-21,24H,7-8,11,14-17H2/t20-,21-/m1/s1. The normalized spacial score (nSPS) is 20.4. The quantitative estimate of drug-likeness (QED) is 0.815. The molecule has 1 heterocycles. The van der Waals surface area contributed by atoms with Gasteiger partial charge in [-0.3, -0.25) is 4.79 Å². The van der Waals surface area contributed by atoms with Crippen molar-refractivity contribution in [3.63, 3.8) is 0 Å². The Balaban J connectivity index is 1.42. The molecule has 2 aromatic rings. The predicted molar refractivity (Wildman–Crippen MR) is 100 cm³/mol. The molecule has 3 heteroatoms. The average molecular weight is 337 g/mol. The lowest BCUT2D eigenvalue weighted by Gasteiger charge is -2.36. The first kappa shape index (κ1) is 17.7. The Morgan fingerprint density at radius 1 is 1.00 bits per heavy atom. The van der Waals surface area contributed by atoms with Crippen molar-refractivity contribution in [2.24, 2.45) is 0 Å². The van der Waals surface area contributed by atoms with Crippen LogP contribution in [0.4, 0.5) is 0 Å². The third-order valence-corrected chi connectivity index (χ3v) is 5.11. The number of amides is 1. The van der Waals surface area contributed by atoms with E-state index in [1.165, 1.54) is 11.1 Å². The van der Waals surface area contributed by atoms with E-state index in [1.807, 2.05) is 29.2 Å². The van der Waals surface area contributed by atoms with Gasteiger partial charge in [0, 0.05) is 25.4 Å².